The lowest BCUT2D eigenvalue weighted by Gasteiger charge is -2.27. The van der Waals surface area contributed by atoms with Crippen LogP contribution in [-0.4, -0.2) is 69.9 Å². The molecule has 8 nitrogen and oxygen atoms in total. The number of hydrogen-bond acceptors (Lipinski definition) is 7. The summed E-state index contributed by atoms with van der Waals surface area (Å²) < 4.78 is 5.82. The Morgan fingerprint density at radius 2 is 1.97 bits per heavy atom. The first kappa shape index (κ1) is 23.4. The van der Waals surface area contributed by atoms with E-state index >= 15 is 0 Å². The number of carbonyl (C=O) groups excluding carboxylic acids is 2. The zero-order valence-electron chi connectivity index (χ0n) is 19.4. The highest BCUT2D eigenvalue weighted by Crippen LogP contribution is 2.40. The van der Waals surface area contributed by atoms with Crippen molar-refractivity contribution in [3.63, 3.8) is 0 Å². The van der Waals surface area contributed by atoms with Crippen molar-refractivity contribution in [1.82, 2.24) is 19.8 Å². The number of ether oxygens (including phenoxy) is 1. The molecule has 1 aliphatic rings. The Morgan fingerprint density at radius 3 is 2.59 bits per heavy atom. The molecule has 0 unspecified atom stereocenters. The quantitative estimate of drug-likeness (QED) is 0.403. The summed E-state index contributed by atoms with van der Waals surface area (Å²) in [6, 6.07) is 6.54. The smallest absolute Gasteiger partial charge is 0.295 e. The van der Waals surface area contributed by atoms with Gasteiger partial charge in [0.15, 0.2) is 0 Å². The first-order valence-corrected chi connectivity index (χ1v) is 10.6. The molecule has 1 atom stereocenters. The number of hydrogen-bond donors (Lipinski definition) is 1. The lowest BCUT2D eigenvalue weighted by molar-refractivity contribution is -0.140. The molecule has 0 radical (unpaired) electrons. The number of aromatic nitrogens is 2. The molecule has 170 valence electrons. The molecule has 2 aromatic rings. The predicted molar refractivity (Wildman–Crippen MR) is 121 cm³/mol. The molecule has 32 heavy (non-hydrogen) atoms. The van der Waals surface area contributed by atoms with Crippen LogP contribution in [0.2, 0.25) is 0 Å². The van der Waals surface area contributed by atoms with Crippen molar-refractivity contribution in [2.75, 3.05) is 27.2 Å². The van der Waals surface area contributed by atoms with Crippen LogP contribution in [0.3, 0.4) is 0 Å². The van der Waals surface area contributed by atoms with Gasteiger partial charge in [0.25, 0.3) is 11.7 Å². The molecule has 1 aliphatic heterocycles. The van der Waals surface area contributed by atoms with Crippen LogP contribution in [0, 0.1) is 13.8 Å². The number of aliphatic hydroxyl groups is 1. The highest BCUT2D eigenvalue weighted by atomic mass is 16.5. The maximum Gasteiger partial charge on any atom is 0.295 e. The lowest BCUT2D eigenvalue weighted by Crippen LogP contribution is -2.35. The second kappa shape index (κ2) is 9.48. The van der Waals surface area contributed by atoms with Gasteiger partial charge in [-0.15, -0.1) is 0 Å². The van der Waals surface area contributed by atoms with Gasteiger partial charge in [-0.1, -0.05) is 12.1 Å². The molecule has 1 fully saturated rings. The minimum absolute atomic E-state index is 0.0299. The fraction of sp³-hybridized carbons (Fsp3) is 0.417. The Morgan fingerprint density at radius 1 is 1.25 bits per heavy atom. The largest absolute Gasteiger partial charge is 0.507 e. The summed E-state index contributed by atoms with van der Waals surface area (Å²) in [6.07, 6.45) is 1.45. The van der Waals surface area contributed by atoms with E-state index in [4.69, 9.17) is 4.74 Å². The molecular formula is C24H30N4O4. The van der Waals surface area contributed by atoms with Crippen molar-refractivity contribution in [3.8, 4) is 5.75 Å². The molecule has 0 aliphatic carbocycles. The van der Waals surface area contributed by atoms with E-state index in [1.807, 2.05) is 57.1 Å². The molecule has 2 heterocycles. The third kappa shape index (κ3) is 4.80. The number of likely N-dealkylation sites (N-methyl/N-ethyl adjacent to an activating group) is 1. The average molecular weight is 439 g/mol. The molecule has 0 saturated carbocycles. The van der Waals surface area contributed by atoms with Crippen molar-refractivity contribution < 1.29 is 19.4 Å². The van der Waals surface area contributed by atoms with Crippen molar-refractivity contribution in [3.05, 3.63) is 58.7 Å². The van der Waals surface area contributed by atoms with Gasteiger partial charge in [-0.3, -0.25) is 9.59 Å². The second-order valence-corrected chi connectivity index (χ2v) is 8.45. The highest BCUT2D eigenvalue weighted by molar-refractivity contribution is 6.46. The summed E-state index contributed by atoms with van der Waals surface area (Å²) in [5.41, 5.74) is 1.59. The van der Waals surface area contributed by atoms with Gasteiger partial charge < -0.3 is 19.6 Å². The Labute approximate surface area is 188 Å². The van der Waals surface area contributed by atoms with Crippen LogP contribution in [-0.2, 0) is 9.59 Å². The molecule has 1 aromatic carbocycles. The minimum Gasteiger partial charge on any atom is -0.507 e. The summed E-state index contributed by atoms with van der Waals surface area (Å²) in [7, 11) is 3.80. The van der Waals surface area contributed by atoms with Crippen LogP contribution in [0.5, 0.6) is 5.75 Å². The maximum absolute atomic E-state index is 13.1. The van der Waals surface area contributed by atoms with Crippen molar-refractivity contribution in [2.45, 2.75) is 39.8 Å². The van der Waals surface area contributed by atoms with Crippen LogP contribution >= 0.6 is 0 Å². The molecule has 1 saturated heterocycles. The van der Waals surface area contributed by atoms with Crippen LogP contribution in [0.1, 0.15) is 42.5 Å². The fourth-order valence-electron chi connectivity index (χ4n) is 3.76. The number of amides is 1. The van der Waals surface area contributed by atoms with E-state index in [9.17, 15) is 14.7 Å². The van der Waals surface area contributed by atoms with Gasteiger partial charge in [0.2, 0.25) is 0 Å². The molecule has 0 spiro atoms. The summed E-state index contributed by atoms with van der Waals surface area (Å²) in [5.74, 6) is -0.444. The predicted octanol–water partition coefficient (Wildman–Crippen LogP) is 2.86. The van der Waals surface area contributed by atoms with Gasteiger partial charge in [0, 0.05) is 19.3 Å². The Kier molecular flexibility index (Phi) is 6.93. The van der Waals surface area contributed by atoms with Gasteiger partial charge in [0.05, 0.1) is 29.0 Å². The topological polar surface area (TPSA) is 95.9 Å². The number of aryl methyl sites for hydroxylation is 2. The van der Waals surface area contributed by atoms with E-state index in [1.54, 1.807) is 13.8 Å². The number of likely N-dealkylation sites (tertiary alicyclic amines) is 1. The first-order valence-electron chi connectivity index (χ1n) is 10.6. The monoisotopic (exact) mass is 438 g/mol. The normalized spacial score (nSPS) is 18.1. The van der Waals surface area contributed by atoms with E-state index in [1.165, 1.54) is 11.1 Å². The van der Waals surface area contributed by atoms with E-state index in [0.717, 1.165) is 0 Å². The molecule has 1 aromatic heterocycles. The van der Waals surface area contributed by atoms with Crippen molar-refractivity contribution in [2.24, 2.45) is 0 Å². The van der Waals surface area contributed by atoms with E-state index in [0.29, 0.717) is 41.5 Å². The molecule has 0 bridgehead atoms. The van der Waals surface area contributed by atoms with Gasteiger partial charge >= 0.3 is 0 Å². The van der Waals surface area contributed by atoms with Crippen LogP contribution in [0.15, 0.2) is 36.0 Å². The number of aliphatic hydroxyl groups excluding tert-OH is 1. The number of Topliss-reactive ketones (excluding diaryl/α,β-unsaturated/α-hetero) is 1. The molecule has 8 heteroatoms. The number of nitrogens with zero attached hydrogens (tertiary/aromatic N) is 4. The average Bonchev–Trinajstić information content (AvgIpc) is 2.96. The third-order valence-corrected chi connectivity index (χ3v) is 5.23. The zero-order chi connectivity index (χ0) is 23.6. The van der Waals surface area contributed by atoms with Crippen molar-refractivity contribution in [1.29, 1.82) is 0 Å². The van der Waals surface area contributed by atoms with Gasteiger partial charge in [-0.25, -0.2) is 9.97 Å². The third-order valence-electron chi connectivity index (χ3n) is 5.23. The van der Waals surface area contributed by atoms with Crippen LogP contribution in [0.4, 0.5) is 0 Å². The standard InChI is InChI=1S/C24H30N4O4/c1-14(2)32-18-9-7-8-17(12-18)21-20(22(29)19-13-25-16(4)26-15(19)3)23(30)24(31)28(21)11-10-27(5)6/h7-9,12-14,21,29H,10-11H2,1-6H3/t21-/m1/s1. The highest BCUT2D eigenvalue weighted by Gasteiger charge is 2.46. The molecule has 3 rings (SSSR count). The SMILES string of the molecule is Cc1ncc(C(O)=C2C(=O)C(=O)N(CCN(C)C)[C@@H]2c2cccc(OC(C)C)c2)c(C)n1. The Bertz CT molecular complexity index is 1060. The molecule has 1 N–H and O–H groups in total. The van der Waals surface area contributed by atoms with Gasteiger partial charge in [-0.2, -0.15) is 0 Å². The number of rotatable bonds is 7. The fourth-order valence-corrected chi connectivity index (χ4v) is 3.76. The second-order valence-electron chi connectivity index (χ2n) is 8.45. The Hall–Kier alpha value is -3.26. The van der Waals surface area contributed by atoms with Crippen LogP contribution in [0.25, 0.3) is 5.76 Å². The molecular weight excluding hydrogens is 408 g/mol. The summed E-state index contributed by atoms with van der Waals surface area (Å²) in [6.45, 7) is 8.23. The Balaban J connectivity index is 2.17. The lowest BCUT2D eigenvalue weighted by atomic mass is 9.95. The number of benzene rings is 1. The summed E-state index contributed by atoms with van der Waals surface area (Å²) in [4.78, 5) is 38.0. The van der Waals surface area contributed by atoms with Gasteiger partial charge in [0.1, 0.15) is 17.3 Å². The van der Waals surface area contributed by atoms with Crippen LogP contribution < -0.4 is 4.74 Å². The summed E-state index contributed by atoms with van der Waals surface area (Å²) in [5, 5.41) is 11.2. The van der Waals surface area contributed by atoms with Gasteiger partial charge in [-0.05, 0) is 59.5 Å². The summed E-state index contributed by atoms with van der Waals surface area (Å²) >= 11 is 0. The van der Waals surface area contributed by atoms with E-state index in [-0.39, 0.29) is 17.4 Å². The maximum atomic E-state index is 13.1. The van der Waals surface area contributed by atoms with Crippen molar-refractivity contribution >= 4 is 17.4 Å². The number of carbonyl (C=O) groups is 2. The minimum atomic E-state index is -0.744. The van der Waals surface area contributed by atoms with E-state index < -0.39 is 17.7 Å². The zero-order valence-corrected chi connectivity index (χ0v) is 19.4. The van der Waals surface area contributed by atoms with E-state index in [2.05, 4.69) is 9.97 Å². The number of ketones is 1. The first-order chi connectivity index (χ1) is 15.1. The molecule has 1 amide bonds.